The second kappa shape index (κ2) is 4.42. The molecule has 90 valence electrons. The van der Waals surface area contributed by atoms with Crippen LogP contribution < -0.4 is 0 Å². The Morgan fingerprint density at radius 3 is 2.24 bits per heavy atom. The molecular formula is C11H7BrF3NS. The molecule has 0 amide bonds. The van der Waals surface area contributed by atoms with Gasteiger partial charge in [-0.25, -0.2) is 4.98 Å². The first-order valence-corrected chi connectivity index (χ1v) is 6.29. The van der Waals surface area contributed by atoms with Crippen molar-refractivity contribution in [2.75, 3.05) is 0 Å². The van der Waals surface area contributed by atoms with E-state index in [4.69, 9.17) is 0 Å². The zero-order valence-electron chi connectivity index (χ0n) is 8.68. The van der Waals surface area contributed by atoms with Crippen LogP contribution in [0.5, 0.6) is 0 Å². The summed E-state index contributed by atoms with van der Waals surface area (Å²) in [5, 5.41) is 0.391. The Bertz CT molecular complexity index is 531. The van der Waals surface area contributed by atoms with E-state index in [0.717, 1.165) is 4.47 Å². The Balaban J connectivity index is 2.45. The lowest BCUT2D eigenvalue weighted by atomic mass is 10.2. The van der Waals surface area contributed by atoms with Crippen LogP contribution in [0.1, 0.15) is 10.6 Å². The third kappa shape index (κ3) is 2.69. The first kappa shape index (κ1) is 12.6. The number of aromatic nitrogens is 1. The van der Waals surface area contributed by atoms with Crippen molar-refractivity contribution >= 4 is 27.3 Å². The number of aryl methyl sites for hydroxylation is 1. The fourth-order valence-electron chi connectivity index (χ4n) is 1.38. The minimum Gasteiger partial charge on any atom is -0.241 e. The fourth-order valence-corrected chi connectivity index (χ4v) is 2.58. The first-order valence-electron chi connectivity index (χ1n) is 4.68. The van der Waals surface area contributed by atoms with E-state index in [-0.39, 0.29) is 5.69 Å². The van der Waals surface area contributed by atoms with Crippen molar-refractivity contribution in [2.24, 2.45) is 0 Å². The topological polar surface area (TPSA) is 12.9 Å². The van der Waals surface area contributed by atoms with Crippen molar-refractivity contribution in [2.45, 2.75) is 13.1 Å². The summed E-state index contributed by atoms with van der Waals surface area (Å²) >= 11 is 3.95. The molecule has 1 aromatic carbocycles. The molecule has 2 rings (SSSR count). The molecule has 0 aliphatic heterocycles. The van der Waals surface area contributed by atoms with E-state index in [2.05, 4.69) is 20.9 Å². The molecule has 0 radical (unpaired) electrons. The predicted octanol–water partition coefficient (Wildman–Crippen LogP) is 4.90. The molecule has 0 N–H and O–H groups in total. The molecule has 17 heavy (non-hydrogen) atoms. The molecule has 0 atom stereocenters. The zero-order valence-corrected chi connectivity index (χ0v) is 11.1. The van der Waals surface area contributed by atoms with Crippen LogP contribution in [0.2, 0.25) is 0 Å². The third-order valence-electron chi connectivity index (χ3n) is 2.15. The van der Waals surface area contributed by atoms with Crippen molar-refractivity contribution < 1.29 is 13.2 Å². The number of hydrogen-bond acceptors (Lipinski definition) is 2. The van der Waals surface area contributed by atoms with Crippen LogP contribution in [0.4, 0.5) is 13.2 Å². The lowest BCUT2D eigenvalue weighted by molar-refractivity contribution is -0.134. The van der Waals surface area contributed by atoms with Gasteiger partial charge in [-0.3, -0.25) is 0 Å². The van der Waals surface area contributed by atoms with Gasteiger partial charge in [-0.1, -0.05) is 28.1 Å². The van der Waals surface area contributed by atoms with E-state index in [9.17, 15) is 13.2 Å². The number of thiazole rings is 1. The molecule has 1 nitrogen and oxygen atoms in total. The fraction of sp³-hybridized carbons (Fsp3) is 0.182. The quantitative estimate of drug-likeness (QED) is 0.728. The average molecular weight is 322 g/mol. The molecule has 0 bridgehead atoms. The maximum absolute atomic E-state index is 12.6. The van der Waals surface area contributed by atoms with Gasteiger partial charge in [0, 0.05) is 10.0 Å². The minimum absolute atomic E-state index is 0.0282. The minimum atomic E-state index is -4.32. The van der Waals surface area contributed by atoms with E-state index in [1.165, 1.54) is 6.92 Å². The van der Waals surface area contributed by atoms with Crippen molar-refractivity contribution in [1.29, 1.82) is 0 Å². The first-order chi connectivity index (χ1) is 7.88. The Hall–Kier alpha value is -0.880. The second-order valence-corrected chi connectivity index (χ2v) is 5.35. The van der Waals surface area contributed by atoms with Crippen LogP contribution in [0, 0.1) is 6.92 Å². The lowest BCUT2D eigenvalue weighted by Gasteiger charge is -2.01. The highest BCUT2D eigenvalue weighted by molar-refractivity contribution is 9.10. The van der Waals surface area contributed by atoms with Crippen LogP contribution in [0.15, 0.2) is 28.7 Å². The van der Waals surface area contributed by atoms with Crippen LogP contribution in [0.3, 0.4) is 0 Å². The van der Waals surface area contributed by atoms with Gasteiger partial charge in [-0.2, -0.15) is 13.2 Å². The summed E-state index contributed by atoms with van der Waals surface area (Å²) in [6, 6.07) is 7.03. The molecule has 0 aliphatic carbocycles. The number of hydrogen-bond donors (Lipinski definition) is 0. The van der Waals surface area contributed by atoms with Gasteiger partial charge < -0.3 is 0 Å². The van der Waals surface area contributed by atoms with Crippen molar-refractivity contribution in [1.82, 2.24) is 4.98 Å². The van der Waals surface area contributed by atoms with Gasteiger partial charge in [0.2, 0.25) is 0 Å². The maximum atomic E-state index is 12.6. The standard InChI is InChI=1S/C11H7BrF3NS/c1-6-9(11(13,14)15)17-10(16-6)7-2-4-8(12)5-3-7/h2-5H,1H3. The largest absolute Gasteiger partial charge is 0.427 e. The van der Waals surface area contributed by atoms with Crippen LogP contribution in [-0.2, 0) is 6.18 Å². The number of halogens is 4. The summed E-state index contributed by atoms with van der Waals surface area (Å²) in [6.45, 7) is 1.38. The van der Waals surface area contributed by atoms with Gasteiger partial charge in [0.25, 0.3) is 0 Å². The average Bonchev–Trinajstić information content (AvgIpc) is 2.61. The van der Waals surface area contributed by atoms with Crippen LogP contribution in [0.25, 0.3) is 10.6 Å². The molecule has 0 saturated heterocycles. The molecule has 0 spiro atoms. The number of benzene rings is 1. The molecule has 6 heteroatoms. The normalized spacial score (nSPS) is 11.8. The number of rotatable bonds is 1. The molecule has 0 unspecified atom stereocenters. The van der Waals surface area contributed by atoms with Gasteiger partial charge in [0.05, 0.1) is 5.69 Å². The van der Waals surface area contributed by atoms with Gasteiger partial charge in [-0.15, -0.1) is 11.3 Å². The van der Waals surface area contributed by atoms with Gasteiger partial charge in [0.1, 0.15) is 9.88 Å². The van der Waals surface area contributed by atoms with Crippen molar-refractivity contribution in [3.8, 4) is 10.6 Å². The van der Waals surface area contributed by atoms with E-state index >= 15 is 0 Å². The third-order valence-corrected chi connectivity index (χ3v) is 3.93. The Morgan fingerprint density at radius 1 is 1.18 bits per heavy atom. The SMILES string of the molecule is Cc1nc(-c2ccc(Br)cc2)sc1C(F)(F)F. The zero-order chi connectivity index (χ0) is 12.6. The van der Waals surface area contributed by atoms with Crippen molar-refractivity contribution in [3.63, 3.8) is 0 Å². The molecule has 1 aromatic heterocycles. The highest BCUT2D eigenvalue weighted by Gasteiger charge is 2.35. The van der Waals surface area contributed by atoms with Gasteiger partial charge >= 0.3 is 6.18 Å². The second-order valence-electron chi connectivity index (χ2n) is 3.44. The number of nitrogens with zero attached hydrogens (tertiary/aromatic N) is 1. The summed E-state index contributed by atoms with van der Waals surface area (Å²) < 4.78 is 38.7. The summed E-state index contributed by atoms with van der Waals surface area (Å²) in [4.78, 5) is 3.33. The molecule has 1 heterocycles. The molecule has 0 fully saturated rings. The van der Waals surface area contributed by atoms with E-state index < -0.39 is 11.1 Å². The predicted molar refractivity (Wildman–Crippen MR) is 65.0 cm³/mol. The van der Waals surface area contributed by atoms with Crippen LogP contribution in [-0.4, -0.2) is 4.98 Å². The van der Waals surface area contributed by atoms with E-state index in [0.29, 0.717) is 21.9 Å². The molecule has 2 aromatic rings. The summed E-state index contributed by atoms with van der Waals surface area (Å²) in [5.41, 5.74) is 0.720. The maximum Gasteiger partial charge on any atom is 0.427 e. The van der Waals surface area contributed by atoms with Crippen molar-refractivity contribution in [3.05, 3.63) is 39.3 Å². The van der Waals surface area contributed by atoms with Gasteiger partial charge in [0.15, 0.2) is 0 Å². The number of alkyl halides is 3. The Labute approximate surface area is 108 Å². The Morgan fingerprint density at radius 2 is 1.76 bits per heavy atom. The molecule has 0 aliphatic rings. The molecular weight excluding hydrogens is 315 g/mol. The monoisotopic (exact) mass is 321 g/mol. The van der Waals surface area contributed by atoms with Gasteiger partial charge in [-0.05, 0) is 19.1 Å². The molecule has 0 saturated carbocycles. The summed E-state index contributed by atoms with van der Waals surface area (Å²) in [5.74, 6) is 0. The summed E-state index contributed by atoms with van der Waals surface area (Å²) in [7, 11) is 0. The van der Waals surface area contributed by atoms with E-state index in [1.807, 2.05) is 0 Å². The highest BCUT2D eigenvalue weighted by Crippen LogP contribution is 2.39. The summed E-state index contributed by atoms with van der Waals surface area (Å²) in [6.07, 6.45) is -4.32. The van der Waals surface area contributed by atoms with Crippen LogP contribution >= 0.6 is 27.3 Å². The lowest BCUT2D eigenvalue weighted by Crippen LogP contribution is -2.03. The van der Waals surface area contributed by atoms with E-state index in [1.54, 1.807) is 24.3 Å². The highest BCUT2D eigenvalue weighted by atomic mass is 79.9. The Kier molecular flexibility index (Phi) is 3.27. The smallest absolute Gasteiger partial charge is 0.241 e.